The minimum atomic E-state index is -1.11. The predicted octanol–water partition coefficient (Wildman–Crippen LogP) is 3.18. The fraction of sp³-hybridized carbons (Fsp3) is 0.381. The summed E-state index contributed by atoms with van der Waals surface area (Å²) in [6.07, 6.45) is -2.59. The molecule has 2 aromatic carbocycles. The van der Waals surface area contributed by atoms with Gasteiger partial charge in [-0.25, -0.2) is 4.79 Å². The van der Waals surface area contributed by atoms with Crippen LogP contribution in [0.4, 0.5) is 4.79 Å². The molecule has 2 atom stereocenters. The number of para-hydroxylation sites is 1. The largest absolute Gasteiger partial charge is 0.491 e. The third kappa shape index (κ3) is 6.92. The topological polar surface area (TPSA) is 88.0 Å². The molecule has 0 aliphatic rings. The zero-order valence-electron chi connectivity index (χ0n) is 15.7. The third-order valence-electron chi connectivity index (χ3n) is 3.89. The molecule has 27 heavy (non-hydrogen) atoms. The molecule has 2 rings (SSSR count). The van der Waals surface area contributed by atoms with E-state index in [9.17, 15) is 15.0 Å². The summed E-state index contributed by atoms with van der Waals surface area (Å²) in [7, 11) is 0. The highest BCUT2D eigenvalue weighted by molar-refractivity contribution is 5.67. The second kappa shape index (κ2) is 10.5. The van der Waals surface area contributed by atoms with Crippen LogP contribution in [0.25, 0.3) is 0 Å². The lowest BCUT2D eigenvalue weighted by atomic mass is 10.0. The van der Waals surface area contributed by atoms with E-state index < -0.39 is 18.3 Å². The Hall–Kier alpha value is -2.57. The van der Waals surface area contributed by atoms with Crippen molar-refractivity contribution < 1.29 is 24.5 Å². The predicted molar refractivity (Wildman–Crippen MR) is 102 cm³/mol. The Kier molecular flexibility index (Phi) is 8.10. The molecule has 1 amide bonds. The number of ether oxygens (including phenoxy) is 2. The highest BCUT2D eigenvalue weighted by Crippen LogP contribution is 2.28. The Bertz CT molecular complexity index is 705. The number of aliphatic hydroxyl groups excluding tert-OH is 2. The van der Waals surface area contributed by atoms with Crippen molar-refractivity contribution in [2.45, 2.75) is 45.2 Å². The van der Waals surface area contributed by atoms with Crippen molar-refractivity contribution in [1.29, 1.82) is 0 Å². The number of carbonyl (C=O) groups excluding carboxylic acids is 1. The van der Waals surface area contributed by atoms with E-state index in [2.05, 4.69) is 5.32 Å². The maximum atomic E-state index is 11.7. The van der Waals surface area contributed by atoms with Crippen LogP contribution < -0.4 is 10.1 Å². The molecule has 6 heteroatoms. The molecular formula is C21H27NO5. The summed E-state index contributed by atoms with van der Waals surface area (Å²) in [6.45, 7) is 4.14. The monoisotopic (exact) mass is 373 g/mol. The van der Waals surface area contributed by atoms with Gasteiger partial charge in [0.15, 0.2) is 0 Å². The van der Waals surface area contributed by atoms with Crippen LogP contribution in [0.2, 0.25) is 0 Å². The van der Waals surface area contributed by atoms with Crippen LogP contribution in [-0.2, 0) is 11.3 Å². The fourth-order valence-electron chi connectivity index (χ4n) is 2.55. The molecule has 2 aromatic rings. The standard InChI is InChI=1S/C21H27NO5/c1-15(2)27-19-11-7-6-10-17(19)20(24)18(23)12-13-22-21(25)26-14-16-8-4-3-5-9-16/h3-11,15,18,20,23-24H,12-14H2,1-2H3,(H,22,25). The van der Waals surface area contributed by atoms with Crippen molar-refractivity contribution in [3.8, 4) is 5.75 Å². The highest BCUT2D eigenvalue weighted by atomic mass is 16.5. The Labute approximate surface area is 159 Å². The van der Waals surface area contributed by atoms with Gasteiger partial charge in [-0.2, -0.15) is 0 Å². The van der Waals surface area contributed by atoms with Crippen LogP contribution >= 0.6 is 0 Å². The van der Waals surface area contributed by atoms with Gasteiger partial charge in [0.25, 0.3) is 0 Å². The minimum Gasteiger partial charge on any atom is -0.491 e. The molecule has 2 unspecified atom stereocenters. The Balaban J connectivity index is 1.78. The quantitative estimate of drug-likeness (QED) is 0.628. The van der Waals surface area contributed by atoms with Crippen molar-refractivity contribution >= 4 is 6.09 Å². The molecular weight excluding hydrogens is 346 g/mol. The Morgan fingerprint density at radius 2 is 1.70 bits per heavy atom. The summed E-state index contributed by atoms with van der Waals surface area (Å²) in [5.74, 6) is 0.536. The third-order valence-corrected chi connectivity index (χ3v) is 3.89. The molecule has 0 aliphatic carbocycles. The molecule has 0 aliphatic heterocycles. The lowest BCUT2D eigenvalue weighted by Crippen LogP contribution is -2.30. The molecule has 6 nitrogen and oxygen atoms in total. The second-order valence-corrected chi connectivity index (χ2v) is 6.49. The van der Waals surface area contributed by atoms with E-state index in [-0.39, 0.29) is 25.7 Å². The fourth-order valence-corrected chi connectivity index (χ4v) is 2.55. The zero-order valence-corrected chi connectivity index (χ0v) is 15.7. The summed E-state index contributed by atoms with van der Waals surface area (Å²) >= 11 is 0. The lowest BCUT2D eigenvalue weighted by Gasteiger charge is -2.22. The van der Waals surface area contributed by atoms with Crippen molar-refractivity contribution in [3.05, 3.63) is 65.7 Å². The number of rotatable bonds is 9. The van der Waals surface area contributed by atoms with E-state index >= 15 is 0 Å². The van der Waals surface area contributed by atoms with Gasteiger partial charge >= 0.3 is 6.09 Å². The summed E-state index contributed by atoms with van der Waals surface area (Å²) in [5, 5.41) is 23.3. The first-order valence-corrected chi connectivity index (χ1v) is 9.03. The first-order chi connectivity index (χ1) is 13.0. The van der Waals surface area contributed by atoms with Gasteiger partial charge in [0.2, 0.25) is 0 Å². The van der Waals surface area contributed by atoms with E-state index in [0.717, 1.165) is 5.56 Å². The molecule has 0 saturated heterocycles. The molecule has 0 fully saturated rings. The molecule has 0 saturated carbocycles. The number of amides is 1. The van der Waals surface area contributed by atoms with E-state index in [1.165, 1.54) is 0 Å². The molecule has 0 radical (unpaired) electrons. The van der Waals surface area contributed by atoms with Gasteiger partial charge < -0.3 is 25.0 Å². The van der Waals surface area contributed by atoms with E-state index in [1.54, 1.807) is 18.2 Å². The van der Waals surface area contributed by atoms with Crippen LogP contribution in [0.1, 0.15) is 37.5 Å². The van der Waals surface area contributed by atoms with E-state index in [0.29, 0.717) is 11.3 Å². The highest BCUT2D eigenvalue weighted by Gasteiger charge is 2.22. The number of hydrogen-bond acceptors (Lipinski definition) is 5. The van der Waals surface area contributed by atoms with Crippen LogP contribution in [0.5, 0.6) is 5.75 Å². The first-order valence-electron chi connectivity index (χ1n) is 9.03. The average molecular weight is 373 g/mol. The number of alkyl carbamates (subject to hydrolysis) is 1. The minimum absolute atomic E-state index is 0.0449. The summed E-state index contributed by atoms with van der Waals surface area (Å²) in [4.78, 5) is 11.7. The summed E-state index contributed by atoms with van der Waals surface area (Å²) in [5.41, 5.74) is 1.41. The van der Waals surface area contributed by atoms with Crippen LogP contribution in [-0.4, -0.2) is 35.1 Å². The molecule has 0 bridgehead atoms. The number of aliphatic hydroxyl groups is 2. The van der Waals surface area contributed by atoms with Crippen molar-refractivity contribution in [3.63, 3.8) is 0 Å². The van der Waals surface area contributed by atoms with Crippen molar-refractivity contribution in [2.24, 2.45) is 0 Å². The second-order valence-electron chi connectivity index (χ2n) is 6.49. The van der Waals surface area contributed by atoms with Crippen LogP contribution in [0, 0.1) is 0 Å². The van der Waals surface area contributed by atoms with Gasteiger partial charge in [0.1, 0.15) is 18.5 Å². The lowest BCUT2D eigenvalue weighted by molar-refractivity contribution is 0.0115. The first kappa shape index (κ1) is 20.7. The van der Waals surface area contributed by atoms with Gasteiger partial charge in [-0.15, -0.1) is 0 Å². The summed E-state index contributed by atoms with van der Waals surface area (Å²) < 4.78 is 10.8. The molecule has 3 N–H and O–H groups in total. The SMILES string of the molecule is CC(C)Oc1ccccc1C(O)C(O)CCNC(=O)OCc1ccccc1. The van der Waals surface area contributed by atoms with Crippen LogP contribution in [0.3, 0.4) is 0 Å². The van der Waals surface area contributed by atoms with E-state index in [4.69, 9.17) is 9.47 Å². The zero-order chi connectivity index (χ0) is 19.6. The summed E-state index contributed by atoms with van der Waals surface area (Å²) in [6, 6.07) is 16.4. The Morgan fingerprint density at radius 3 is 2.41 bits per heavy atom. The van der Waals surface area contributed by atoms with Crippen LogP contribution in [0.15, 0.2) is 54.6 Å². The van der Waals surface area contributed by atoms with Gasteiger partial charge in [0.05, 0.1) is 12.2 Å². The molecule has 0 heterocycles. The molecule has 0 aromatic heterocycles. The average Bonchev–Trinajstić information content (AvgIpc) is 2.66. The maximum absolute atomic E-state index is 11.7. The number of benzene rings is 2. The van der Waals surface area contributed by atoms with E-state index in [1.807, 2.05) is 50.2 Å². The Morgan fingerprint density at radius 1 is 1.04 bits per heavy atom. The maximum Gasteiger partial charge on any atom is 0.407 e. The normalized spacial score (nSPS) is 13.1. The van der Waals surface area contributed by atoms with Crippen molar-refractivity contribution in [2.75, 3.05) is 6.54 Å². The number of nitrogens with one attached hydrogen (secondary N) is 1. The number of carbonyl (C=O) groups is 1. The molecule has 146 valence electrons. The number of hydrogen-bond donors (Lipinski definition) is 3. The van der Waals surface area contributed by atoms with Gasteiger partial charge in [-0.05, 0) is 31.9 Å². The van der Waals surface area contributed by atoms with Gasteiger partial charge in [-0.1, -0.05) is 48.5 Å². The van der Waals surface area contributed by atoms with Crippen molar-refractivity contribution in [1.82, 2.24) is 5.32 Å². The van der Waals surface area contributed by atoms with Gasteiger partial charge in [0, 0.05) is 12.1 Å². The molecule has 0 spiro atoms. The van der Waals surface area contributed by atoms with Gasteiger partial charge in [-0.3, -0.25) is 0 Å². The smallest absolute Gasteiger partial charge is 0.407 e.